The average molecular weight is 229 g/mol. The minimum absolute atomic E-state index is 0.136. The van der Waals surface area contributed by atoms with Crippen LogP contribution >= 0.6 is 18.2 Å². The highest BCUT2D eigenvalue weighted by atomic mass is 35.7. The molecule has 76 valence electrons. The van der Waals surface area contributed by atoms with Crippen LogP contribution < -0.4 is 0 Å². The van der Waals surface area contributed by atoms with Crippen molar-refractivity contribution in [2.75, 3.05) is 13.2 Å². The Morgan fingerprint density at radius 1 is 1.62 bits per heavy atom. The predicted molar refractivity (Wildman–Crippen MR) is 47.4 cm³/mol. The lowest BCUT2D eigenvalue weighted by Crippen LogP contribution is -2.09. The van der Waals surface area contributed by atoms with Gasteiger partial charge in [-0.15, -0.1) is 0 Å². The van der Waals surface area contributed by atoms with Crippen molar-refractivity contribution in [3.8, 4) is 0 Å². The van der Waals surface area contributed by atoms with E-state index in [1.54, 1.807) is 0 Å². The summed E-state index contributed by atoms with van der Waals surface area (Å²) in [6.45, 7) is 0.472. The maximum absolute atomic E-state index is 10.7. The molecule has 1 N–H and O–H groups in total. The molecule has 13 heavy (non-hydrogen) atoms. The normalized spacial score (nSPS) is 14.7. The quantitative estimate of drug-likeness (QED) is 0.334. The molecule has 0 aromatic heterocycles. The van der Waals surface area contributed by atoms with Crippen molar-refractivity contribution in [2.24, 2.45) is 0 Å². The van der Waals surface area contributed by atoms with Gasteiger partial charge >= 0.3 is 12.9 Å². The summed E-state index contributed by atoms with van der Waals surface area (Å²) in [6, 6.07) is 0. The Morgan fingerprint density at radius 2 is 2.15 bits per heavy atom. The third-order valence-electron chi connectivity index (χ3n) is 0.915. The van der Waals surface area contributed by atoms with Gasteiger partial charge in [0.05, 0.1) is 6.61 Å². The van der Waals surface area contributed by atoms with Gasteiger partial charge in [-0.05, 0) is 6.92 Å². The second kappa shape index (κ2) is 5.40. The van der Waals surface area contributed by atoms with Crippen LogP contribution in [0.25, 0.3) is 0 Å². The van der Waals surface area contributed by atoms with E-state index in [0.29, 0.717) is 0 Å². The van der Waals surface area contributed by atoms with E-state index in [1.807, 2.05) is 0 Å². The summed E-state index contributed by atoms with van der Waals surface area (Å²) in [7, 11) is 0. The molecule has 0 saturated carbocycles. The van der Waals surface area contributed by atoms with Crippen LogP contribution in [0, 0.1) is 0 Å². The zero-order valence-electron chi connectivity index (χ0n) is 7.03. The SMILES string of the molecule is C=C(C)C(=O)OCCOP(=O)(O)Cl. The third kappa shape index (κ3) is 7.99. The Labute approximate surface area is 80.6 Å². The van der Waals surface area contributed by atoms with E-state index in [1.165, 1.54) is 6.92 Å². The molecular formula is C6H10ClO5P. The van der Waals surface area contributed by atoms with Crippen LogP contribution in [0.5, 0.6) is 0 Å². The Morgan fingerprint density at radius 3 is 2.54 bits per heavy atom. The molecule has 5 nitrogen and oxygen atoms in total. The minimum Gasteiger partial charge on any atom is -0.460 e. The Kier molecular flexibility index (Phi) is 5.25. The van der Waals surface area contributed by atoms with Gasteiger partial charge in [0.15, 0.2) is 0 Å². The zero-order valence-corrected chi connectivity index (χ0v) is 8.68. The van der Waals surface area contributed by atoms with E-state index < -0.39 is 12.9 Å². The fourth-order valence-electron chi connectivity index (χ4n) is 0.407. The molecule has 7 heteroatoms. The molecule has 0 aromatic rings. The lowest BCUT2D eigenvalue weighted by molar-refractivity contribution is -0.139. The molecule has 0 amide bonds. The van der Waals surface area contributed by atoms with Crippen molar-refractivity contribution >= 4 is 24.2 Å². The maximum atomic E-state index is 10.7. The van der Waals surface area contributed by atoms with Crippen LogP contribution in [0.4, 0.5) is 0 Å². The molecule has 0 aromatic carbocycles. The molecule has 0 aliphatic heterocycles. The summed E-state index contributed by atoms with van der Waals surface area (Å²) in [6.07, 6.45) is 0. The van der Waals surface area contributed by atoms with Gasteiger partial charge in [-0.3, -0.25) is 4.52 Å². The molecule has 1 unspecified atom stereocenters. The molecule has 0 saturated heterocycles. The highest BCUT2D eigenvalue weighted by molar-refractivity contribution is 7.80. The summed E-state index contributed by atoms with van der Waals surface area (Å²) in [5.41, 5.74) is 0.248. The standard InChI is InChI=1S/C6H10ClO5P/c1-5(2)6(8)11-3-4-12-13(7,9)10/h1,3-4H2,2H3,(H,9,10). The van der Waals surface area contributed by atoms with Crippen LogP contribution in [-0.4, -0.2) is 24.1 Å². The molecule has 0 aliphatic carbocycles. The summed E-state index contributed by atoms with van der Waals surface area (Å²) in [5, 5.41) is 0. The summed E-state index contributed by atoms with van der Waals surface area (Å²) < 4.78 is 19.1. The van der Waals surface area contributed by atoms with Crippen LogP contribution in [-0.2, 0) is 18.6 Å². The van der Waals surface area contributed by atoms with Crippen molar-refractivity contribution < 1.29 is 23.5 Å². The molecule has 0 bridgehead atoms. The van der Waals surface area contributed by atoms with Crippen molar-refractivity contribution in [1.29, 1.82) is 0 Å². The second-order valence-corrected chi connectivity index (χ2v) is 4.64. The predicted octanol–water partition coefficient (Wildman–Crippen LogP) is 1.46. The highest BCUT2D eigenvalue weighted by Gasteiger charge is 2.13. The Balaban J connectivity index is 3.53. The first kappa shape index (κ1) is 12.7. The first-order chi connectivity index (χ1) is 5.83. The molecule has 1 atom stereocenters. The van der Waals surface area contributed by atoms with Crippen molar-refractivity contribution in [2.45, 2.75) is 6.92 Å². The van der Waals surface area contributed by atoms with E-state index in [2.05, 4.69) is 15.8 Å². The third-order valence-corrected chi connectivity index (χ3v) is 1.71. The number of halogens is 1. The number of hydrogen-bond acceptors (Lipinski definition) is 4. The number of ether oxygens (including phenoxy) is 1. The number of hydrogen-bond donors (Lipinski definition) is 1. The van der Waals surface area contributed by atoms with Crippen LogP contribution in [0.15, 0.2) is 12.2 Å². The summed E-state index contributed by atoms with van der Waals surface area (Å²) >= 11 is 4.84. The van der Waals surface area contributed by atoms with Gasteiger partial charge in [-0.2, -0.15) is 0 Å². The first-order valence-corrected chi connectivity index (χ1v) is 5.81. The van der Waals surface area contributed by atoms with Gasteiger partial charge in [0.1, 0.15) is 6.61 Å². The van der Waals surface area contributed by atoms with E-state index in [0.717, 1.165) is 0 Å². The topological polar surface area (TPSA) is 72.8 Å². The minimum atomic E-state index is -3.99. The largest absolute Gasteiger partial charge is 0.460 e. The number of esters is 1. The number of carbonyl (C=O) groups is 1. The Hall–Kier alpha value is -0.350. The summed E-state index contributed by atoms with van der Waals surface area (Å²) in [4.78, 5) is 19.2. The number of carbonyl (C=O) groups excluding carboxylic acids is 1. The van der Waals surface area contributed by atoms with E-state index >= 15 is 0 Å². The van der Waals surface area contributed by atoms with E-state index in [9.17, 15) is 9.36 Å². The monoisotopic (exact) mass is 228 g/mol. The van der Waals surface area contributed by atoms with E-state index in [4.69, 9.17) is 16.1 Å². The fraction of sp³-hybridized carbons (Fsp3) is 0.500. The van der Waals surface area contributed by atoms with Gasteiger partial charge in [0.2, 0.25) is 0 Å². The van der Waals surface area contributed by atoms with Crippen LogP contribution in [0.2, 0.25) is 0 Å². The van der Waals surface area contributed by atoms with Crippen molar-refractivity contribution in [1.82, 2.24) is 0 Å². The lowest BCUT2D eigenvalue weighted by Gasteiger charge is -2.05. The van der Waals surface area contributed by atoms with E-state index in [-0.39, 0.29) is 18.8 Å². The lowest BCUT2D eigenvalue weighted by atomic mass is 10.4. The Bertz CT molecular complexity index is 245. The molecule has 0 heterocycles. The van der Waals surface area contributed by atoms with Crippen LogP contribution in [0.3, 0.4) is 0 Å². The first-order valence-electron chi connectivity index (χ1n) is 3.32. The van der Waals surface area contributed by atoms with Gasteiger partial charge in [-0.25, -0.2) is 9.36 Å². The highest BCUT2D eigenvalue weighted by Crippen LogP contribution is 2.47. The van der Waals surface area contributed by atoms with Crippen molar-refractivity contribution in [3.63, 3.8) is 0 Å². The average Bonchev–Trinajstić information content (AvgIpc) is 1.95. The molecule has 0 spiro atoms. The summed E-state index contributed by atoms with van der Waals surface area (Å²) in [5.74, 6) is -0.578. The smallest absolute Gasteiger partial charge is 0.421 e. The van der Waals surface area contributed by atoms with Crippen molar-refractivity contribution in [3.05, 3.63) is 12.2 Å². The van der Waals surface area contributed by atoms with Gasteiger partial charge in [0.25, 0.3) is 0 Å². The second-order valence-electron chi connectivity index (χ2n) is 2.20. The van der Waals surface area contributed by atoms with Gasteiger partial charge in [0, 0.05) is 16.8 Å². The zero-order chi connectivity index (χ0) is 10.5. The number of rotatable bonds is 5. The molecular weight excluding hydrogens is 218 g/mol. The fourth-order valence-corrected chi connectivity index (χ4v) is 0.914. The van der Waals surface area contributed by atoms with Gasteiger partial charge < -0.3 is 9.63 Å². The van der Waals surface area contributed by atoms with Crippen LogP contribution in [0.1, 0.15) is 6.92 Å². The molecule has 0 radical (unpaired) electrons. The molecule has 0 fully saturated rings. The maximum Gasteiger partial charge on any atom is 0.421 e. The van der Waals surface area contributed by atoms with Gasteiger partial charge in [-0.1, -0.05) is 6.58 Å². The molecule has 0 rings (SSSR count). The molecule has 0 aliphatic rings.